The van der Waals surface area contributed by atoms with Crippen LogP contribution in [0.3, 0.4) is 0 Å². The van der Waals surface area contributed by atoms with Crippen LogP contribution in [0.15, 0.2) is 60.0 Å². The molecule has 3 aromatic rings. The van der Waals surface area contributed by atoms with Gasteiger partial charge in [-0.15, -0.1) is 10.2 Å². The predicted octanol–water partition coefficient (Wildman–Crippen LogP) is 3.32. The normalized spacial score (nSPS) is 10.7. The minimum Gasteiger partial charge on any atom is -0.302 e. The highest BCUT2D eigenvalue weighted by Gasteiger charge is 2.10. The summed E-state index contributed by atoms with van der Waals surface area (Å²) >= 11 is 1.69. The van der Waals surface area contributed by atoms with Crippen molar-refractivity contribution in [2.45, 2.75) is 24.4 Å². The number of aromatic nitrogens is 4. The van der Waals surface area contributed by atoms with E-state index in [1.54, 1.807) is 18.0 Å². The van der Waals surface area contributed by atoms with Crippen LogP contribution in [0.1, 0.15) is 17.0 Å². The summed E-state index contributed by atoms with van der Waals surface area (Å²) in [7, 11) is 0. The molecule has 2 heterocycles. The van der Waals surface area contributed by atoms with Crippen LogP contribution in [0.4, 0.5) is 0 Å². The molecule has 0 spiro atoms. The van der Waals surface area contributed by atoms with E-state index < -0.39 is 0 Å². The Morgan fingerprint density at radius 2 is 1.81 bits per heavy atom. The Kier molecular flexibility index (Phi) is 4.31. The van der Waals surface area contributed by atoms with Crippen molar-refractivity contribution in [3.63, 3.8) is 0 Å². The van der Waals surface area contributed by atoms with Gasteiger partial charge >= 0.3 is 0 Å². The van der Waals surface area contributed by atoms with E-state index >= 15 is 0 Å². The molecule has 0 N–H and O–H groups in total. The van der Waals surface area contributed by atoms with Crippen LogP contribution in [0.2, 0.25) is 0 Å². The van der Waals surface area contributed by atoms with E-state index in [1.807, 2.05) is 25.3 Å². The number of aryl methyl sites for hydroxylation is 1. The van der Waals surface area contributed by atoms with Crippen LogP contribution in [0.25, 0.3) is 0 Å². The minimum atomic E-state index is 0.801. The monoisotopic (exact) mass is 296 g/mol. The number of nitrogens with zero attached hydrogens (tertiary/aromatic N) is 4. The molecule has 0 bridgehead atoms. The smallest absolute Gasteiger partial charge is 0.191 e. The summed E-state index contributed by atoms with van der Waals surface area (Å²) in [6, 6.07) is 14.4. The second kappa shape index (κ2) is 6.54. The largest absolute Gasteiger partial charge is 0.302 e. The van der Waals surface area contributed by atoms with E-state index in [1.165, 1.54) is 11.1 Å². The van der Waals surface area contributed by atoms with Gasteiger partial charge in [0.1, 0.15) is 5.82 Å². The van der Waals surface area contributed by atoms with Crippen molar-refractivity contribution < 1.29 is 0 Å². The Hall–Kier alpha value is -2.14. The number of hydrogen-bond donors (Lipinski definition) is 0. The lowest BCUT2D eigenvalue weighted by Gasteiger charge is -2.08. The molecule has 3 rings (SSSR count). The lowest BCUT2D eigenvalue weighted by molar-refractivity contribution is 0.688. The van der Waals surface area contributed by atoms with E-state index in [9.17, 15) is 0 Å². The maximum absolute atomic E-state index is 4.28. The van der Waals surface area contributed by atoms with Gasteiger partial charge in [-0.1, -0.05) is 48.2 Å². The van der Waals surface area contributed by atoms with Gasteiger partial charge in [0, 0.05) is 18.1 Å². The predicted molar refractivity (Wildman–Crippen MR) is 84.1 cm³/mol. The average molecular weight is 296 g/mol. The number of rotatable bonds is 5. The highest BCUT2D eigenvalue weighted by Crippen LogP contribution is 2.22. The van der Waals surface area contributed by atoms with Gasteiger partial charge in [-0.2, -0.15) is 0 Å². The summed E-state index contributed by atoms with van der Waals surface area (Å²) in [4.78, 5) is 4.14. The minimum absolute atomic E-state index is 0.801. The van der Waals surface area contributed by atoms with Gasteiger partial charge in [-0.3, -0.25) is 4.98 Å². The highest BCUT2D eigenvalue weighted by molar-refractivity contribution is 7.98. The molecule has 0 saturated carbocycles. The van der Waals surface area contributed by atoms with Crippen molar-refractivity contribution in [3.05, 3.63) is 71.8 Å². The first-order valence-electron chi connectivity index (χ1n) is 6.78. The fourth-order valence-electron chi connectivity index (χ4n) is 2.05. The number of benzene rings is 1. The summed E-state index contributed by atoms with van der Waals surface area (Å²) in [5.41, 5.74) is 2.44. The van der Waals surface area contributed by atoms with Gasteiger partial charge in [-0.05, 0) is 24.1 Å². The quantitative estimate of drug-likeness (QED) is 0.677. The molecule has 2 aromatic heterocycles. The topological polar surface area (TPSA) is 43.6 Å². The highest BCUT2D eigenvalue weighted by atomic mass is 32.2. The van der Waals surface area contributed by atoms with E-state index in [2.05, 4.69) is 50.1 Å². The van der Waals surface area contributed by atoms with Gasteiger partial charge < -0.3 is 4.57 Å². The Morgan fingerprint density at radius 1 is 1.00 bits per heavy atom. The van der Waals surface area contributed by atoms with Crippen LogP contribution < -0.4 is 0 Å². The lowest BCUT2D eigenvalue weighted by Crippen LogP contribution is -2.03. The van der Waals surface area contributed by atoms with Crippen molar-refractivity contribution in [2.24, 2.45) is 0 Å². The zero-order valence-electron chi connectivity index (χ0n) is 11.8. The van der Waals surface area contributed by atoms with Crippen molar-refractivity contribution in [3.8, 4) is 0 Å². The van der Waals surface area contributed by atoms with Crippen molar-refractivity contribution in [2.75, 3.05) is 0 Å². The molecule has 1 aromatic carbocycles. The van der Waals surface area contributed by atoms with Gasteiger partial charge in [0.05, 0.1) is 6.54 Å². The first-order chi connectivity index (χ1) is 10.3. The van der Waals surface area contributed by atoms with Crippen LogP contribution >= 0.6 is 11.8 Å². The Bertz CT molecular complexity index is 695. The molecule has 5 heteroatoms. The average Bonchev–Trinajstić information content (AvgIpc) is 2.88. The maximum atomic E-state index is 4.28. The molecule has 0 amide bonds. The molecular weight excluding hydrogens is 280 g/mol. The summed E-state index contributed by atoms with van der Waals surface area (Å²) in [6.45, 7) is 2.79. The SMILES string of the molecule is Cc1nnc(SCc2cccnc2)n1Cc1ccccc1. The zero-order chi connectivity index (χ0) is 14.5. The lowest BCUT2D eigenvalue weighted by atomic mass is 10.2. The van der Waals surface area contributed by atoms with E-state index in [-0.39, 0.29) is 0 Å². The van der Waals surface area contributed by atoms with Gasteiger partial charge in [-0.25, -0.2) is 0 Å². The molecule has 0 unspecified atom stereocenters. The van der Waals surface area contributed by atoms with Crippen LogP contribution in [0.5, 0.6) is 0 Å². The number of pyridine rings is 1. The van der Waals surface area contributed by atoms with Crippen molar-refractivity contribution in [1.29, 1.82) is 0 Å². The zero-order valence-corrected chi connectivity index (χ0v) is 12.6. The van der Waals surface area contributed by atoms with Crippen molar-refractivity contribution >= 4 is 11.8 Å². The summed E-state index contributed by atoms with van der Waals surface area (Å²) in [6.07, 6.45) is 3.67. The molecule has 21 heavy (non-hydrogen) atoms. The molecule has 0 aliphatic rings. The molecule has 106 valence electrons. The summed E-state index contributed by atoms with van der Waals surface area (Å²) in [5, 5.41) is 9.43. The second-order valence-electron chi connectivity index (χ2n) is 4.75. The van der Waals surface area contributed by atoms with Crippen molar-refractivity contribution in [1.82, 2.24) is 19.7 Å². The van der Waals surface area contributed by atoms with Gasteiger partial charge in [0.25, 0.3) is 0 Å². The third kappa shape index (κ3) is 3.49. The summed E-state index contributed by atoms with van der Waals surface area (Å²) < 4.78 is 2.15. The molecule has 4 nitrogen and oxygen atoms in total. The standard InChI is InChI=1S/C16H16N4S/c1-13-18-19-16(21-12-15-8-5-9-17-10-15)20(13)11-14-6-3-2-4-7-14/h2-10H,11-12H2,1H3. The first-order valence-corrected chi connectivity index (χ1v) is 7.77. The fraction of sp³-hybridized carbons (Fsp3) is 0.188. The summed E-state index contributed by atoms with van der Waals surface area (Å²) in [5.74, 6) is 1.79. The van der Waals surface area contributed by atoms with E-state index in [0.29, 0.717) is 0 Å². The van der Waals surface area contributed by atoms with Gasteiger partial charge in [0.2, 0.25) is 0 Å². The molecule has 0 aliphatic heterocycles. The van der Waals surface area contributed by atoms with Crippen LogP contribution in [-0.4, -0.2) is 19.7 Å². The first kappa shape index (κ1) is 13.8. The fourth-order valence-corrected chi connectivity index (χ4v) is 2.97. The Morgan fingerprint density at radius 3 is 2.57 bits per heavy atom. The molecular formula is C16H16N4S. The van der Waals surface area contributed by atoms with Crippen LogP contribution in [-0.2, 0) is 12.3 Å². The number of hydrogen-bond acceptors (Lipinski definition) is 4. The third-order valence-electron chi connectivity index (χ3n) is 3.18. The van der Waals surface area contributed by atoms with Gasteiger partial charge in [0.15, 0.2) is 5.16 Å². The van der Waals surface area contributed by atoms with E-state index in [4.69, 9.17) is 0 Å². The maximum Gasteiger partial charge on any atom is 0.191 e. The van der Waals surface area contributed by atoms with Crippen LogP contribution in [0, 0.1) is 6.92 Å². The molecule has 0 fully saturated rings. The number of thioether (sulfide) groups is 1. The molecule has 0 radical (unpaired) electrons. The molecule has 0 saturated heterocycles. The van der Waals surface area contributed by atoms with E-state index in [0.717, 1.165) is 23.3 Å². The third-order valence-corrected chi connectivity index (χ3v) is 4.21. The second-order valence-corrected chi connectivity index (χ2v) is 5.69. The Balaban J connectivity index is 1.74. The molecule has 0 aliphatic carbocycles. The molecule has 0 atom stereocenters. The Labute approximate surface area is 128 Å².